The van der Waals surface area contributed by atoms with Crippen LogP contribution in [0.1, 0.15) is 37.3 Å². The molecular formula is C14H18N2. The summed E-state index contributed by atoms with van der Waals surface area (Å²) in [7, 11) is 0. The standard InChI is InChI=1S/C14H18N2/c15-10-12-5-3-4-11-8-9-16(14(11)12)13-6-1-2-7-13/h3-5,8-9,13H,1-2,6-7,10,15H2. The van der Waals surface area contributed by atoms with Crippen LogP contribution in [0.25, 0.3) is 10.9 Å². The molecule has 16 heavy (non-hydrogen) atoms. The van der Waals surface area contributed by atoms with Crippen LogP contribution in [0, 0.1) is 0 Å². The Kier molecular flexibility index (Phi) is 2.44. The maximum absolute atomic E-state index is 5.83. The van der Waals surface area contributed by atoms with Crippen molar-refractivity contribution in [3.8, 4) is 0 Å². The molecule has 0 unspecified atom stereocenters. The Hall–Kier alpha value is -1.28. The normalized spacial score (nSPS) is 17.3. The highest BCUT2D eigenvalue weighted by molar-refractivity contribution is 5.83. The van der Waals surface area contributed by atoms with Crippen molar-refractivity contribution in [2.24, 2.45) is 5.73 Å². The molecule has 2 nitrogen and oxygen atoms in total. The van der Waals surface area contributed by atoms with Crippen LogP contribution >= 0.6 is 0 Å². The van der Waals surface area contributed by atoms with Crippen LogP contribution in [0.15, 0.2) is 30.5 Å². The molecule has 1 aromatic carbocycles. The van der Waals surface area contributed by atoms with E-state index in [-0.39, 0.29) is 0 Å². The van der Waals surface area contributed by atoms with Gasteiger partial charge in [0.05, 0.1) is 5.52 Å². The molecule has 0 amide bonds. The van der Waals surface area contributed by atoms with Crippen molar-refractivity contribution in [2.45, 2.75) is 38.3 Å². The van der Waals surface area contributed by atoms with Gasteiger partial charge < -0.3 is 10.3 Å². The van der Waals surface area contributed by atoms with Crippen molar-refractivity contribution in [3.05, 3.63) is 36.0 Å². The largest absolute Gasteiger partial charge is 0.344 e. The summed E-state index contributed by atoms with van der Waals surface area (Å²) in [4.78, 5) is 0. The lowest BCUT2D eigenvalue weighted by Gasteiger charge is -2.15. The zero-order valence-electron chi connectivity index (χ0n) is 9.52. The molecule has 2 N–H and O–H groups in total. The van der Waals surface area contributed by atoms with Crippen molar-refractivity contribution in [1.29, 1.82) is 0 Å². The third-order valence-corrected chi connectivity index (χ3v) is 3.76. The minimum absolute atomic E-state index is 0.633. The minimum Gasteiger partial charge on any atom is -0.344 e. The number of fused-ring (bicyclic) bond motifs is 1. The van der Waals surface area contributed by atoms with E-state index < -0.39 is 0 Å². The van der Waals surface area contributed by atoms with Crippen LogP contribution in [-0.4, -0.2) is 4.57 Å². The van der Waals surface area contributed by atoms with Crippen molar-refractivity contribution in [2.75, 3.05) is 0 Å². The molecule has 0 aliphatic heterocycles. The molecule has 1 heterocycles. The predicted molar refractivity (Wildman–Crippen MR) is 67.3 cm³/mol. The average Bonchev–Trinajstić information content (AvgIpc) is 2.96. The first-order chi connectivity index (χ1) is 7.90. The molecule has 1 aliphatic rings. The number of rotatable bonds is 2. The van der Waals surface area contributed by atoms with Crippen molar-refractivity contribution in [3.63, 3.8) is 0 Å². The van der Waals surface area contributed by atoms with Gasteiger partial charge in [0, 0.05) is 18.8 Å². The molecule has 0 bridgehead atoms. The van der Waals surface area contributed by atoms with E-state index in [0.29, 0.717) is 12.6 Å². The van der Waals surface area contributed by atoms with Gasteiger partial charge in [0.25, 0.3) is 0 Å². The lowest BCUT2D eigenvalue weighted by molar-refractivity contribution is 0.534. The van der Waals surface area contributed by atoms with E-state index in [4.69, 9.17) is 5.73 Å². The molecule has 3 rings (SSSR count). The molecule has 0 radical (unpaired) electrons. The number of hydrogen-bond acceptors (Lipinski definition) is 1. The van der Waals surface area contributed by atoms with Crippen LogP contribution in [0.5, 0.6) is 0 Å². The lowest BCUT2D eigenvalue weighted by atomic mass is 10.1. The Balaban J connectivity index is 2.16. The van der Waals surface area contributed by atoms with E-state index >= 15 is 0 Å². The minimum atomic E-state index is 0.633. The van der Waals surface area contributed by atoms with Crippen molar-refractivity contribution in [1.82, 2.24) is 4.57 Å². The Labute approximate surface area is 96.1 Å². The lowest BCUT2D eigenvalue weighted by Crippen LogP contribution is -2.06. The van der Waals surface area contributed by atoms with Gasteiger partial charge in [0.2, 0.25) is 0 Å². The quantitative estimate of drug-likeness (QED) is 0.817. The third kappa shape index (κ3) is 1.45. The zero-order chi connectivity index (χ0) is 11.0. The smallest absolute Gasteiger partial charge is 0.0528 e. The molecule has 1 saturated carbocycles. The molecule has 1 aliphatic carbocycles. The number of nitrogens with two attached hydrogens (primary N) is 1. The first-order valence-corrected chi connectivity index (χ1v) is 6.18. The molecule has 0 saturated heterocycles. The van der Waals surface area contributed by atoms with Crippen molar-refractivity contribution < 1.29 is 0 Å². The first-order valence-electron chi connectivity index (χ1n) is 6.18. The second-order valence-electron chi connectivity index (χ2n) is 4.72. The highest BCUT2D eigenvalue weighted by Gasteiger charge is 2.18. The first kappa shape index (κ1) is 9.91. The van der Waals surface area contributed by atoms with Crippen LogP contribution in [0.3, 0.4) is 0 Å². The molecule has 1 aromatic heterocycles. The summed E-state index contributed by atoms with van der Waals surface area (Å²) in [5, 5.41) is 1.33. The second-order valence-corrected chi connectivity index (χ2v) is 4.72. The van der Waals surface area contributed by atoms with E-state index in [1.54, 1.807) is 0 Å². The summed E-state index contributed by atoms with van der Waals surface area (Å²) >= 11 is 0. The monoisotopic (exact) mass is 214 g/mol. The second kappa shape index (κ2) is 3.95. The SMILES string of the molecule is NCc1cccc2ccn(C3CCCC3)c12. The molecule has 84 valence electrons. The van der Waals surface area contributed by atoms with Gasteiger partial charge in [-0.3, -0.25) is 0 Å². The Bertz CT molecular complexity index is 492. The molecule has 1 fully saturated rings. The molecule has 0 atom stereocenters. The Morgan fingerprint density at radius 1 is 1.19 bits per heavy atom. The topological polar surface area (TPSA) is 30.9 Å². The summed E-state index contributed by atoms with van der Waals surface area (Å²) in [6.45, 7) is 0.633. The van der Waals surface area contributed by atoms with Gasteiger partial charge in [-0.1, -0.05) is 31.0 Å². The molecule has 0 spiro atoms. The number of hydrogen-bond donors (Lipinski definition) is 1. The summed E-state index contributed by atoms with van der Waals surface area (Å²) in [6.07, 6.45) is 7.62. The highest BCUT2D eigenvalue weighted by Crippen LogP contribution is 2.33. The molecular weight excluding hydrogens is 196 g/mol. The number of nitrogens with zero attached hydrogens (tertiary/aromatic N) is 1. The average molecular weight is 214 g/mol. The van der Waals surface area contributed by atoms with Gasteiger partial charge in [-0.2, -0.15) is 0 Å². The van der Waals surface area contributed by atoms with Gasteiger partial charge in [-0.25, -0.2) is 0 Å². The van der Waals surface area contributed by atoms with Gasteiger partial charge in [-0.15, -0.1) is 0 Å². The Morgan fingerprint density at radius 2 is 2.00 bits per heavy atom. The van der Waals surface area contributed by atoms with Crippen molar-refractivity contribution >= 4 is 10.9 Å². The molecule has 2 aromatic rings. The summed E-state index contributed by atoms with van der Waals surface area (Å²) < 4.78 is 2.45. The highest BCUT2D eigenvalue weighted by atomic mass is 15.0. The van der Waals surface area contributed by atoms with E-state index in [0.717, 1.165) is 0 Å². The summed E-state index contributed by atoms with van der Waals surface area (Å²) in [5.74, 6) is 0. The fourth-order valence-corrected chi connectivity index (χ4v) is 2.95. The van der Waals surface area contributed by atoms with Crippen LogP contribution in [0.4, 0.5) is 0 Å². The maximum atomic E-state index is 5.83. The number of aromatic nitrogens is 1. The summed E-state index contributed by atoms with van der Waals surface area (Å²) in [5.41, 5.74) is 8.46. The van der Waals surface area contributed by atoms with Crippen LogP contribution < -0.4 is 5.73 Å². The fourth-order valence-electron chi connectivity index (χ4n) is 2.95. The number of benzene rings is 1. The molecule has 2 heteroatoms. The number of para-hydroxylation sites is 1. The van der Waals surface area contributed by atoms with E-state index in [1.807, 2.05) is 0 Å². The van der Waals surface area contributed by atoms with Gasteiger partial charge >= 0.3 is 0 Å². The predicted octanol–water partition coefficient (Wildman–Crippen LogP) is 3.22. The maximum Gasteiger partial charge on any atom is 0.0528 e. The van der Waals surface area contributed by atoms with E-state index in [2.05, 4.69) is 35.0 Å². The zero-order valence-corrected chi connectivity index (χ0v) is 9.52. The van der Waals surface area contributed by atoms with Gasteiger partial charge in [-0.05, 0) is 29.9 Å². The van der Waals surface area contributed by atoms with Gasteiger partial charge in [0.15, 0.2) is 0 Å². The van der Waals surface area contributed by atoms with Crippen LogP contribution in [-0.2, 0) is 6.54 Å². The Morgan fingerprint density at radius 3 is 2.75 bits per heavy atom. The van der Waals surface area contributed by atoms with E-state index in [9.17, 15) is 0 Å². The fraction of sp³-hybridized carbons (Fsp3) is 0.429. The van der Waals surface area contributed by atoms with E-state index in [1.165, 1.54) is 42.1 Å². The van der Waals surface area contributed by atoms with Crippen LogP contribution in [0.2, 0.25) is 0 Å². The van der Waals surface area contributed by atoms with Gasteiger partial charge in [0.1, 0.15) is 0 Å². The summed E-state index contributed by atoms with van der Waals surface area (Å²) in [6, 6.07) is 9.34. The third-order valence-electron chi connectivity index (χ3n) is 3.76.